The van der Waals surface area contributed by atoms with Gasteiger partial charge in [0.1, 0.15) is 17.9 Å². The SMILES string of the molecule is COc1ccc(-c2ccc(C(C)C=O)cc2F)cc1. The monoisotopic (exact) mass is 258 g/mol. The Morgan fingerprint density at radius 3 is 2.37 bits per heavy atom. The van der Waals surface area contributed by atoms with Gasteiger partial charge in [-0.1, -0.05) is 31.2 Å². The largest absolute Gasteiger partial charge is 0.497 e. The van der Waals surface area contributed by atoms with Gasteiger partial charge in [0.25, 0.3) is 0 Å². The minimum Gasteiger partial charge on any atom is -0.497 e. The molecule has 0 aliphatic heterocycles. The Bertz CT molecular complexity index is 576. The van der Waals surface area contributed by atoms with E-state index in [1.165, 1.54) is 6.07 Å². The molecule has 2 rings (SSSR count). The molecule has 0 radical (unpaired) electrons. The number of methoxy groups -OCH3 is 1. The Kier molecular flexibility index (Phi) is 3.95. The van der Waals surface area contributed by atoms with Gasteiger partial charge in [-0.15, -0.1) is 0 Å². The van der Waals surface area contributed by atoms with E-state index in [1.807, 2.05) is 0 Å². The molecular formula is C16H15FO2. The van der Waals surface area contributed by atoms with Crippen molar-refractivity contribution in [1.82, 2.24) is 0 Å². The number of rotatable bonds is 4. The second-order valence-corrected chi connectivity index (χ2v) is 4.39. The normalized spacial score (nSPS) is 11.9. The molecule has 19 heavy (non-hydrogen) atoms. The Labute approximate surface area is 111 Å². The number of halogens is 1. The van der Waals surface area contributed by atoms with Gasteiger partial charge in [0.2, 0.25) is 0 Å². The van der Waals surface area contributed by atoms with Crippen molar-refractivity contribution < 1.29 is 13.9 Å². The zero-order chi connectivity index (χ0) is 13.8. The molecule has 1 atom stereocenters. The highest BCUT2D eigenvalue weighted by molar-refractivity contribution is 5.67. The van der Waals surface area contributed by atoms with Gasteiger partial charge in [0, 0.05) is 11.5 Å². The summed E-state index contributed by atoms with van der Waals surface area (Å²) in [6.07, 6.45) is 0.807. The first-order valence-corrected chi connectivity index (χ1v) is 6.05. The molecule has 1 unspecified atom stereocenters. The minimum absolute atomic E-state index is 0.292. The van der Waals surface area contributed by atoms with Crippen LogP contribution in [0.15, 0.2) is 42.5 Å². The van der Waals surface area contributed by atoms with Crippen LogP contribution in [0.25, 0.3) is 11.1 Å². The van der Waals surface area contributed by atoms with Crippen LogP contribution in [-0.4, -0.2) is 13.4 Å². The predicted octanol–water partition coefficient (Wildman–Crippen LogP) is 3.80. The highest BCUT2D eigenvalue weighted by Gasteiger charge is 2.10. The molecular weight excluding hydrogens is 243 g/mol. The lowest BCUT2D eigenvalue weighted by molar-refractivity contribution is -0.108. The van der Waals surface area contributed by atoms with E-state index in [9.17, 15) is 9.18 Å². The van der Waals surface area contributed by atoms with Gasteiger partial charge < -0.3 is 9.53 Å². The van der Waals surface area contributed by atoms with Crippen molar-refractivity contribution in [3.8, 4) is 16.9 Å². The Balaban J connectivity index is 2.37. The van der Waals surface area contributed by atoms with Crippen molar-refractivity contribution in [1.29, 1.82) is 0 Å². The third kappa shape index (κ3) is 2.81. The van der Waals surface area contributed by atoms with E-state index in [0.717, 1.165) is 17.6 Å². The summed E-state index contributed by atoms with van der Waals surface area (Å²) in [5.74, 6) is 0.117. The number of benzene rings is 2. The van der Waals surface area contributed by atoms with Gasteiger partial charge in [-0.25, -0.2) is 4.39 Å². The fourth-order valence-electron chi connectivity index (χ4n) is 1.90. The van der Waals surface area contributed by atoms with E-state index in [2.05, 4.69) is 0 Å². The van der Waals surface area contributed by atoms with Gasteiger partial charge >= 0.3 is 0 Å². The summed E-state index contributed by atoms with van der Waals surface area (Å²) in [4.78, 5) is 10.7. The number of carbonyl (C=O) groups is 1. The third-order valence-electron chi connectivity index (χ3n) is 3.12. The first-order valence-electron chi connectivity index (χ1n) is 6.05. The van der Waals surface area contributed by atoms with Crippen LogP contribution < -0.4 is 4.74 Å². The first kappa shape index (κ1) is 13.3. The van der Waals surface area contributed by atoms with Crippen LogP contribution in [0.4, 0.5) is 4.39 Å². The van der Waals surface area contributed by atoms with Gasteiger partial charge in [-0.2, -0.15) is 0 Å². The van der Waals surface area contributed by atoms with Crippen LogP contribution in [0.3, 0.4) is 0 Å². The molecule has 2 aromatic rings. The van der Waals surface area contributed by atoms with E-state index in [1.54, 1.807) is 50.4 Å². The second kappa shape index (κ2) is 5.65. The Morgan fingerprint density at radius 2 is 1.84 bits per heavy atom. The molecule has 2 nitrogen and oxygen atoms in total. The van der Waals surface area contributed by atoms with Crippen LogP contribution in [0.2, 0.25) is 0 Å². The van der Waals surface area contributed by atoms with Gasteiger partial charge in [-0.05, 0) is 29.3 Å². The summed E-state index contributed by atoms with van der Waals surface area (Å²) >= 11 is 0. The average Bonchev–Trinajstić information content (AvgIpc) is 2.46. The number of aldehydes is 1. The summed E-state index contributed by atoms with van der Waals surface area (Å²) in [6.45, 7) is 1.74. The Hall–Kier alpha value is -2.16. The molecule has 0 fully saturated rings. The topological polar surface area (TPSA) is 26.3 Å². The molecule has 0 spiro atoms. The van der Waals surface area contributed by atoms with E-state index in [-0.39, 0.29) is 11.7 Å². The van der Waals surface area contributed by atoms with Crippen LogP contribution >= 0.6 is 0 Å². The molecule has 0 N–H and O–H groups in total. The number of ether oxygens (including phenoxy) is 1. The van der Waals surface area contributed by atoms with Crippen molar-refractivity contribution in [2.75, 3.05) is 7.11 Å². The fourth-order valence-corrected chi connectivity index (χ4v) is 1.90. The molecule has 0 aliphatic rings. The van der Waals surface area contributed by atoms with Crippen LogP contribution in [-0.2, 0) is 4.79 Å². The molecule has 0 saturated heterocycles. The molecule has 0 amide bonds. The molecule has 0 aromatic heterocycles. The van der Waals surface area contributed by atoms with E-state index in [4.69, 9.17) is 4.74 Å². The maximum Gasteiger partial charge on any atom is 0.131 e. The highest BCUT2D eigenvalue weighted by Crippen LogP contribution is 2.27. The standard InChI is InChI=1S/C16H15FO2/c1-11(10-18)13-5-8-15(16(17)9-13)12-3-6-14(19-2)7-4-12/h3-11H,1-2H3. The molecule has 2 aromatic carbocycles. The summed E-state index contributed by atoms with van der Waals surface area (Å²) in [6, 6.07) is 12.1. The zero-order valence-corrected chi connectivity index (χ0v) is 10.9. The minimum atomic E-state index is -0.323. The van der Waals surface area contributed by atoms with Crippen molar-refractivity contribution in [3.63, 3.8) is 0 Å². The van der Waals surface area contributed by atoms with Crippen molar-refractivity contribution in [2.45, 2.75) is 12.8 Å². The van der Waals surface area contributed by atoms with Gasteiger partial charge in [0.05, 0.1) is 7.11 Å². The van der Waals surface area contributed by atoms with E-state index >= 15 is 0 Å². The maximum absolute atomic E-state index is 14.1. The second-order valence-electron chi connectivity index (χ2n) is 4.39. The molecule has 98 valence electrons. The summed E-state index contributed by atoms with van der Waals surface area (Å²) < 4.78 is 19.1. The lowest BCUT2D eigenvalue weighted by Gasteiger charge is -2.09. The van der Waals surface area contributed by atoms with Crippen LogP contribution in [0.1, 0.15) is 18.4 Å². The highest BCUT2D eigenvalue weighted by atomic mass is 19.1. The molecule has 3 heteroatoms. The van der Waals surface area contributed by atoms with Gasteiger partial charge in [-0.3, -0.25) is 0 Å². The van der Waals surface area contributed by atoms with E-state index in [0.29, 0.717) is 11.1 Å². The smallest absolute Gasteiger partial charge is 0.131 e. The van der Waals surface area contributed by atoms with E-state index < -0.39 is 0 Å². The van der Waals surface area contributed by atoms with Crippen LogP contribution in [0, 0.1) is 5.82 Å². The summed E-state index contributed by atoms with van der Waals surface area (Å²) in [5.41, 5.74) is 1.98. The summed E-state index contributed by atoms with van der Waals surface area (Å²) in [5, 5.41) is 0. The lowest BCUT2D eigenvalue weighted by atomic mass is 9.98. The predicted molar refractivity (Wildman–Crippen MR) is 72.9 cm³/mol. The van der Waals surface area contributed by atoms with Crippen molar-refractivity contribution in [2.24, 2.45) is 0 Å². The maximum atomic E-state index is 14.1. The number of hydrogen-bond acceptors (Lipinski definition) is 2. The third-order valence-corrected chi connectivity index (χ3v) is 3.12. The lowest BCUT2D eigenvalue weighted by Crippen LogP contribution is -1.96. The Morgan fingerprint density at radius 1 is 1.16 bits per heavy atom. The quantitative estimate of drug-likeness (QED) is 0.780. The van der Waals surface area contributed by atoms with Crippen molar-refractivity contribution in [3.05, 3.63) is 53.8 Å². The van der Waals surface area contributed by atoms with Gasteiger partial charge in [0.15, 0.2) is 0 Å². The number of carbonyl (C=O) groups excluding carboxylic acids is 1. The zero-order valence-electron chi connectivity index (χ0n) is 10.9. The summed E-state index contributed by atoms with van der Waals surface area (Å²) in [7, 11) is 1.59. The molecule has 0 heterocycles. The fraction of sp³-hybridized carbons (Fsp3) is 0.188. The first-order chi connectivity index (χ1) is 9.15. The molecule has 0 saturated carbocycles. The van der Waals surface area contributed by atoms with Crippen LogP contribution in [0.5, 0.6) is 5.75 Å². The average molecular weight is 258 g/mol. The number of hydrogen-bond donors (Lipinski definition) is 0. The molecule has 0 bridgehead atoms. The molecule has 0 aliphatic carbocycles. The van der Waals surface area contributed by atoms with Crippen molar-refractivity contribution >= 4 is 6.29 Å².